The van der Waals surface area contributed by atoms with Crippen molar-refractivity contribution in [2.24, 2.45) is 11.1 Å². The number of carbonyl (C=O) groups is 2. The first-order valence-corrected chi connectivity index (χ1v) is 8.94. The van der Waals surface area contributed by atoms with Crippen LogP contribution < -0.4 is 5.73 Å². The van der Waals surface area contributed by atoms with Gasteiger partial charge in [0.25, 0.3) is 0 Å². The van der Waals surface area contributed by atoms with Gasteiger partial charge in [-0.15, -0.1) is 0 Å². The monoisotopic (exact) mass is 375 g/mol. The summed E-state index contributed by atoms with van der Waals surface area (Å²) in [6.07, 6.45) is 1.99. The Kier molecular flexibility index (Phi) is 6.62. The molecule has 0 aliphatic carbocycles. The van der Waals surface area contributed by atoms with Crippen LogP contribution in [0.3, 0.4) is 0 Å². The molecule has 0 saturated carbocycles. The maximum absolute atomic E-state index is 12.5. The zero-order chi connectivity index (χ0) is 20.2. The first kappa shape index (κ1) is 20.9. The van der Waals surface area contributed by atoms with Crippen LogP contribution in [0.15, 0.2) is 30.5 Å². The Labute approximate surface area is 160 Å². The third-order valence-corrected chi connectivity index (χ3v) is 4.39. The predicted molar refractivity (Wildman–Crippen MR) is 104 cm³/mol. The molecule has 7 heteroatoms. The second-order valence-corrected chi connectivity index (χ2v) is 7.93. The fraction of sp³-hybridized carbons (Fsp3) is 0.500. The van der Waals surface area contributed by atoms with E-state index in [2.05, 4.69) is 4.90 Å². The van der Waals surface area contributed by atoms with E-state index in [9.17, 15) is 9.59 Å². The van der Waals surface area contributed by atoms with Crippen molar-refractivity contribution in [1.82, 2.24) is 9.47 Å². The topological polar surface area (TPSA) is 86.8 Å². The second-order valence-electron chi connectivity index (χ2n) is 7.93. The molecule has 27 heavy (non-hydrogen) atoms. The number of hydrogen-bond acceptors (Lipinski definition) is 6. The highest BCUT2D eigenvalue weighted by Crippen LogP contribution is 2.22. The van der Waals surface area contributed by atoms with Gasteiger partial charge in [0.05, 0.1) is 5.52 Å². The maximum Gasteiger partial charge on any atom is 0.421 e. The molecule has 0 aliphatic heterocycles. The number of likely N-dealkylation sites (N-methyl/N-ethyl adjacent to an activating group) is 1. The van der Waals surface area contributed by atoms with Crippen molar-refractivity contribution in [3.63, 3.8) is 0 Å². The van der Waals surface area contributed by atoms with Gasteiger partial charge in [-0.3, -0.25) is 9.36 Å². The summed E-state index contributed by atoms with van der Waals surface area (Å²) >= 11 is 0. The van der Waals surface area contributed by atoms with Gasteiger partial charge in [-0.2, -0.15) is 0 Å². The largest absolute Gasteiger partial charge is 0.427 e. The maximum atomic E-state index is 12.5. The minimum atomic E-state index is -0.791. The van der Waals surface area contributed by atoms with Gasteiger partial charge in [0, 0.05) is 18.1 Å². The van der Waals surface area contributed by atoms with Gasteiger partial charge in [0.1, 0.15) is 6.04 Å². The van der Waals surface area contributed by atoms with Crippen molar-refractivity contribution >= 4 is 23.0 Å². The lowest BCUT2D eigenvalue weighted by Gasteiger charge is -2.24. The zero-order valence-electron chi connectivity index (χ0n) is 16.7. The Morgan fingerprint density at radius 2 is 1.85 bits per heavy atom. The number of carbonyl (C=O) groups excluding carboxylic acids is 2. The van der Waals surface area contributed by atoms with Crippen molar-refractivity contribution in [3.05, 3.63) is 36.0 Å². The van der Waals surface area contributed by atoms with Crippen molar-refractivity contribution in [1.29, 1.82) is 0 Å². The van der Waals surface area contributed by atoms with Gasteiger partial charge >= 0.3 is 12.1 Å². The average molecular weight is 375 g/mol. The first-order chi connectivity index (χ1) is 12.6. The summed E-state index contributed by atoms with van der Waals surface area (Å²) in [5, 5.41) is 1.00. The highest BCUT2D eigenvalue weighted by atomic mass is 16.7. The lowest BCUT2D eigenvalue weighted by Crippen LogP contribution is -2.43. The zero-order valence-corrected chi connectivity index (χ0v) is 16.7. The molecular formula is C20H29N3O4. The van der Waals surface area contributed by atoms with Crippen LogP contribution in [0.4, 0.5) is 4.79 Å². The number of nitrogens with zero attached hydrogens (tertiary/aromatic N) is 2. The molecule has 2 aromatic rings. The van der Waals surface area contributed by atoms with Crippen molar-refractivity contribution in [3.8, 4) is 0 Å². The van der Waals surface area contributed by atoms with E-state index in [1.54, 1.807) is 6.20 Å². The molecule has 0 spiro atoms. The van der Waals surface area contributed by atoms with Crippen LogP contribution in [0.25, 0.3) is 10.9 Å². The molecule has 0 radical (unpaired) electrons. The summed E-state index contributed by atoms with van der Waals surface area (Å²) in [5.41, 5.74) is 7.22. The highest BCUT2D eigenvalue weighted by molar-refractivity contribution is 5.92. The quantitative estimate of drug-likeness (QED) is 0.617. The molecule has 0 saturated heterocycles. The van der Waals surface area contributed by atoms with Crippen molar-refractivity contribution in [2.75, 3.05) is 27.4 Å². The SMILES string of the molecule is CN(C)CCc1cn(C(=O)OCOC(=O)C(N)C(C)(C)C)c2ccccc12. The number of fused-ring (bicyclic) bond motifs is 1. The highest BCUT2D eigenvalue weighted by Gasteiger charge is 2.29. The van der Waals surface area contributed by atoms with Gasteiger partial charge in [0.15, 0.2) is 0 Å². The van der Waals surface area contributed by atoms with Gasteiger partial charge in [0.2, 0.25) is 6.79 Å². The number of esters is 1. The summed E-state index contributed by atoms with van der Waals surface area (Å²) in [5.74, 6) is -0.598. The van der Waals surface area contributed by atoms with Crippen LogP contribution in [0.5, 0.6) is 0 Å². The van der Waals surface area contributed by atoms with E-state index in [1.807, 2.05) is 59.1 Å². The number of ether oxygens (including phenoxy) is 2. The average Bonchev–Trinajstić information content (AvgIpc) is 2.97. The number of nitrogens with two attached hydrogens (primary N) is 1. The summed E-state index contributed by atoms with van der Waals surface area (Å²) in [6, 6.07) is 6.85. The Balaban J connectivity index is 2.06. The lowest BCUT2D eigenvalue weighted by molar-refractivity contribution is -0.156. The molecule has 1 heterocycles. The van der Waals surface area contributed by atoms with Crippen molar-refractivity contribution < 1.29 is 19.1 Å². The molecule has 0 fully saturated rings. The summed E-state index contributed by atoms with van der Waals surface area (Å²) in [6.45, 7) is 5.91. The van der Waals surface area contributed by atoms with E-state index in [-0.39, 0.29) is 0 Å². The number of para-hydroxylation sites is 1. The summed E-state index contributed by atoms with van der Waals surface area (Å²) < 4.78 is 11.6. The van der Waals surface area contributed by atoms with E-state index >= 15 is 0 Å². The van der Waals surface area contributed by atoms with Crippen LogP contribution >= 0.6 is 0 Å². The normalized spacial score (nSPS) is 13.0. The first-order valence-electron chi connectivity index (χ1n) is 8.94. The molecule has 1 aromatic carbocycles. The fourth-order valence-corrected chi connectivity index (χ4v) is 2.60. The van der Waals surface area contributed by atoms with E-state index in [1.165, 1.54) is 4.57 Å². The van der Waals surface area contributed by atoms with E-state index < -0.39 is 30.3 Å². The molecule has 7 nitrogen and oxygen atoms in total. The Bertz CT molecular complexity index is 805. The summed E-state index contributed by atoms with van der Waals surface area (Å²) in [7, 11) is 4.01. The van der Waals surface area contributed by atoms with Gasteiger partial charge in [-0.25, -0.2) is 4.79 Å². The van der Waals surface area contributed by atoms with Gasteiger partial charge < -0.3 is 20.1 Å². The minimum Gasteiger partial charge on any atom is -0.427 e. The predicted octanol–water partition coefficient (Wildman–Crippen LogP) is 2.60. The molecule has 148 valence electrons. The van der Waals surface area contributed by atoms with Gasteiger partial charge in [-0.1, -0.05) is 39.0 Å². The molecule has 0 bridgehead atoms. The number of rotatable bonds is 6. The molecule has 2 N–H and O–H groups in total. The van der Waals surface area contributed by atoms with Crippen LogP contribution in [-0.4, -0.2) is 55.0 Å². The molecule has 1 atom stereocenters. The van der Waals surface area contributed by atoms with Crippen LogP contribution in [0.1, 0.15) is 26.3 Å². The standard InChI is InChI=1S/C20H29N3O4/c1-20(2,3)17(21)18(24)26-13-27-19(25)23-12-14(10-11-22(4)5)15-8-6-7-9-16(15)23/h6-9,12,17H,10-11,13,21H2,1-5H3. The molecule has 0 amide bonds. The smallest absolute Gasteiger partial charge is 0.421 e. The van der Waals surface area contributed by atoms with Crippen LogP contribution in [0.2, 0.25) is 0 Å². The number of hydrogen-bond donors (Lipinski definition) is 1. The lowest BCUT2D eigenvalue weighted by atomic mass is 9.87. The Hall–Kier alpha value is -2.38. The Morgan fingerprint density at radius 3 is 2.48 bits per heavy atom. The van der Waals surface area contributed by atoms with E-state index in [0.717, 1.165) is 29.4 Å². The third kappa shape index (κ3) is 5.30. The molecule has 0 aliphatic rings. The Morgan fingerprint density at radius 1 is 1.19 bits per heavy atom. The van der Waals surface area contributed by atoms with E-state index in [4.69, 9.17) is 15.2 Å². The summed E-state index contributed by atoms with van der Waals surface area (Å²) in [4.78, 5) is 26.5. The molecule has 1 unspecified atom stereocenters. The van der Waals surface area contributed by atoms with Crippen LogP contribution in [0, 0.1) is 5.41 Å². The molecule has 2 rings (SSSR count). The fourth-order valence-electron chi connectivity index (χ4n) is 2.60. The second kappa shape index (κ2) is 8.54. The molecule has 1 aromatic heterocycles. The third-order valence-electron chi connectivity index (χ3n) is 4.39. The van der Waals surface area contributed by atoms with Gasteiger partial charge in [-0.05, 0) is 37.6 Å². The number of benzene rings is 1. The van der Waals surface area contributed by atoms with Crippen LogP contribution in [-0.2, 0) is 20.7 Å². The van der Waals surface area contributed by atoms with Crippen molar-refractivity contribution in [2.45, 2.75) is 33.2 Å². The number of aromatic nitrogens is 1. The van der Waals surface area contributed by atoms with E-state index in [0.29, 0.717) is 0 Å². The minimum absolute atomic E-state index is 0.431. The molecular weight excluding hydrogens is 346 g/mol.